The average molecular weight is 379 g/mol. The van der Waals surface area contributed by atoms with E-state index >= 15 is 0 Å². The highest BCUT2D eigenvalue weighted by Crippen LogP contribution is 2.31. The van der Waals surface area contributed by atoms with Gasteiger partial charge in [-0.3, -0.25) is 0 Å². The lowest BCUT2D eigenvalue weighted by Crippen LogP contribution is -2.51. The maximum Gasteiger partial charge on any atom is 0.130 e. The summed E-state index contributed by atoms with van der Waals surface area (Å²) in [6.07, 6.45) is 2.44. The molecule has 1 saturated carbocycles. The van der Waals surface area contributed by atoms with Gasteiger partial charge in [0.15, 0.2) is 0 Å². The van der Waals surface area contributed by atoms with Crippen molar-refractivity contribution in [2.24, 2.45) is 5.92 Å². The van der Waals surface area contributed by atoms with Gasteiger partial charge in [0.05, 0.1) is 19.3 Å². The second-order valence-corrected chi connectivity index (χ2v) is 6.80. The predicted octanol–water partition coefficient (Wildman–Crippen LogP) is 2.68. The van der Waals surface area contributed by atoms with Crippen molar-refractivity contribution in [2.75, 3.05) is 26.3 Å². The SMILES string of the molecule is Cl.OC(CNC1CCCC1C1COCCN1)c1c(F)cccc1Cl. The highest BCUT2D eigenvalue weighted by molar-refractivity contribution is 6.31. The van der Waals surface area contributed by atoms with Gasteiger partial charge in [0.2, 0.25) is 0 Å². The van der Waals surface area contributed by atoms with E-state index in [2.05, 4.69) is 10.6 Å². The molecule has 4 nitrogen and oxygen atoms in total. The van der Waals surface area contributed by atoms with Crippen LogP contribution in [-0.4, -0.2) is 43.5 Å². The van der Waals surface area contributed by atoms with E-state index in [1.165, 1.54) is 6.07 Å². The average Bonchev–Trinajstić information content (AvgIpc) is 3.02. The first-order valence-corrected chi connectivity index (χ1v) is 8.71. The summed E-state index contributed by atoms with van der Waals surface area (Å²) in [7, 11) is 0. The maximum absolute atomic E-state index is 13.9. The Bertz CT molecular complexity index is 509. The summed E-state index contributed by atoms with van der Waals surface area (Å²) >= 11 is 6.02. The maximum atomic E-state index is 13.9. The molecule has 1 saturated heterocycles. The molecule has 1 aromatic rings. The molecule has 24 heavy (non-hydrogen) atoms. The number of aliphatic hydroxyl groups is 1. The molecule has 0 amide bonds. The first-order chi connectivity index (χ1) is 11.2. The Morgan fingerprint density at radius 2 is 2.25 bits per heavy atom. The Kier molecular flexibility index (Phi) is 7.72. The fraction of sp³-hybridized carbons (Fsp3) is 0.647. The lowest BCUT2D eigenvalue weighted by atomic mass is 9.93. The topological polar surface area (TPSA) is 53.5 Å². The Balaban J connectivity index is 0.00000208. The smallest absolute Gasteiger partial charge is 0.130 e. The number of hydrogen-bond acceptors (Lipinski definition) is 4. The van der Waals surface area contributed by atoms with E-state index in [9.17, 15) is 9.50 Å². The number of hydrogen-bond donors (Lipinski definition) is 3. The van der Waals surface area contributed by atoms with Crippen LogP contribution in [0.3, 0.4) is 0 Å². The Morgan fingerprint density at radius 1 is 1.42 bits per heavy atom. The van der Waals surface area contributed by atoms with Gasteiger partial charge >= 0.3 is 0 Å². The number of ether oxygens (including phenoxy) is 1. The Labute approximate surface area is 153 Å². The summed E-state index contributed by atoms with van der Waals surface area (Å²) in [4.78, 5) is 0. The van der Waals surface area contributed by atoms with Gasteiger partial charge in [-0.15, -0.1) is 12.4 Å². The highest BCUT2D eigenvalue weighted by Gasteiger charge is 2.34. The van der Waals surface area contributed by atoms with Crippen LogP contribution in [0.2, 0.25) is 5.02 Å². The monoisotopic (exact) mass is 378 g/mol. The summed E-state index contributed by atoms with van der Waals surface area (Å²) in [5.74, 6) is 0.0238. The Hall–Kier alpha value is -0.430. The van der Waals surface area contributed by atoms with Crippen LogP contribution in [0.5, 0.6) is 0 Å². The van der Waals surface area contributed by atoms with Gasteiger partial charge in [-0.25, -0.2) is 4.39 Å². The van der Waals surface area contributed by atoms with Crippen molar-refractivity contribution >= 4 is 24.0 Å². The summed E-state index contributed by atoms with van der Waals surface area (Å²) in [5, 5.41) is 17.5. The van der Waals surface area contributed by atoms with Gasteiger partial charge in [0.1, 0.15) is 5.82 Å². The van der Waals surface area contributed by atoms with Crippen LogP contribution in [0.1, 0.15) is 30.9 Å². The number of morpholine rings is 1. The second kappa shape index (κ2) is 9.32. The van der Waals surface area contributed by atoms with Crippen LogP contribution >= 0.6 is 24.0 Å². The van der Waals surface area contributed by atoms with E-state index in [1.54, 1.807) is 12.1 Å². The molecular weight excluding hydrogens is 354 g/mol. The summed E-state index contributed by atoms with van der Waals surface area (Å²) in [5.41, 5.74) is 0.176. The van der Waals surface area contributed by atoms with Crippen molar-refractivity contribution < 1.29 is 14.2 Å². The molecule has 2 aliphatic rings. The quantitative estimate of drug-likeness (QED) is 0.737. The molecule has 0 aromatic heterocycles. The van der Waals surface area contributed by atoms with Crippen molar-refractivity contribution in [3.05, 3.63) is 34.6 Å². The minimum absolute atomic E-state index is 0. The lowest BCUT2D eigenvalue weighted by Gasteiger charge is -2.33. The van der Waals surface area contributed by atoms with Gasteiger partial charge < -0.3 is 20.5 Å². The standard InChI is InChI=1S/C17H24ClFN2O2.ClH/c18-12-4-2-5-13(19)17(12)16(22)9-21-14-6-1-3-11(14)15-10-23-8-7-20-15;/h2,4-5,11,14-16,20-22H,1,3,6-10H2;1H. The Morgan fingerprint density at radius 3 is 2.96 bits per heavy atom. The van der Waals surface area contributed by atoms with Crippen molar-refractivity contribution in [1.29, 1.82) is 0 Å². The van der Waals surface area contributed by atoms with Crippen molar-refractivity contribution in [2.45, 2.75) is 37.5 Å². The lowest BCUT2D eigenvalue weighted by molar-refractivity contribution is 0.0512. The van der Waals surface area contributed by atoms with E-state index in [-0.39, 0.29) is 23.0 Å². The molecule has 1 aromatic carbocycles. The van der Waals surface area contributed by atoms with Gasteiger partial charge in [-0.2, -0.15) is 0 Å². The van der Waals surface area contributed by atoms with Crippen molar-refractivity contribution in [1.82, 2.24) is 10.6 Å². The molecule has 136 valence electrons. The molecular formula is C17H25Cl2FN2O2. The predicted molar refractivity (Wildman–Crippen MR) is 95.4 cm³/mol. The van der Waals surface area contributed by atoms with Gasteiger partial charge in [-0.1, -0.05) is 24.1 Å². The minimum Gasteiger partial charge on any atom is -0.387 e. The van der Waals surface area contributed by atoms with E-state index in [0.29, 0.717) is 24.5 Å². The number of aliphatic hydroxyl groups excluding tert-OH is 1. The zero-order valence-electron chi connectivity index (χ0n) is 13.5. The largest absolute Gasteiger partial charge is 0.387 e. The van der Waals surface area contributed by atoms with E-state index in [1.807, 2.05) is 0 Å². The van der Waals surface area contributed by atoms with Crippen LogP contribution in [0.25, 0.3) is 0 Å². The van der Waals surface area contributed by atoms with Gasteiger partial charge in [-0.05, 0) is 30.9 Å². The van der Waals surface area contributed by atoms with Crippen LogP contribution in [0.4, 0.5) is 4.39 Å². The summed E-state index contributed by atoms with van der Waals surface area (Å²) in [6.45, 7) is 2.70. The summed E-state index contributed by atoms with van der Waals surface area (Å²) < 4.78 is 19.4. The third-order valence-corrected chi connectivity index (χ3v) is 5.27. The molecule has 0 radical (unpaired) electrons. The normalized spacial score (nSPS) is 28.4. The van der Waals surface area contributed by atoms with Gasteiger partial charge in [0.25, 0.3) is 0 Å². The van der Waals surface area contributed by atoms with E-state index in [0.717, 1.165) is 39.0 Å². The van der Waals surface area contributed by atoms with Crippen molar-refractivity contribution in [3.8, 4) is 0 Å². The summed E-state index contributed by atoms with van der Waals surface area (Å²) in [6, 6.07) is 5.15. The van der Waals surface area contributed by atoms with Crippen LogP contribution in [0.15, 0.2) is 18.2 Å². The number of rotatable bonds is 5. The molecule has 1 aliphatic carbocycles. The van der Waals surface area contributed by atoms with Crippen LogP contribution in [0, 0.1) is 11.7 Å². The first-order valence-electron chi connectivity index (χ1n) is 8.33. The van der Waals surface area contributed by atoms with Gasteiger partial charge in [0, 0.05) is 35.8 Å². The fourth-order valence-corrected chi connectivity index (χ4v) is 4.07. The molecule has 1 aliphatic heterocycles. The zero-order chi connectivity index (χ0) is 16.2. The number of benzene rings is 1. The number of halogens is 3. The zero-order valence-corrected chi connectivity index (χ0v) is 15.1. The van der Waals surface area contributed by atoms with E-state index < -0.39 is 11.9 Å². The third kappa shape index (κ3) is 4.59. The van der Waals surface area contributed by atoms with Crippen LogP contribution < -0.4 is 10.6 Å². The molecule has 3 rings (SSSR count). The van der Waals surface area contributed by atoms with Crippen LogP contribution in [-0.2, 0) is 4.74 Å². The molecule has 3 N–H and O–H groups in total. The molecule has 4 unspecified atom stereocenters. The molecule has 1 heterocycles. The highest BCUT2D eigenvalue weighted by atomic mass is 35.5. The molecule has 7 heteroatoms. The first kappa shape index (κ1) is 19.9. The molecule has 0 spiro atoms. The minimum atomic E-state index is -0.944. The molecule has 0 bridgehead atoms. The third-order valence-electron chi connectivity index (χ3n) is 4.94. The molecule has 2 fully saturated rings. The van der Waals surface area contributed by atoms with E-state index in [4.69, 9.17) is 16.3 Å². The number of nitrogens with one attached hydrogen (secondary N) is 2. The van der Waals surface area contributed by atoms with Crippen molar-refractivity contribution in [3.63, 3.8) is 0 Å². The second-order valence-electron chi connectivity index (χ2n) is 6.40. The fourth-order valence-electron chi connectivity index (χ4n) is 3.78. The molecule has 4 atom stereocenters.